The van der Waals surface area contributed by atoms with E-state index in [1.807, 2.05) is 13.8 Å². The van der Waals surface area contributed by atoms with Crippen LogP contribution in [-0.2, 0) is 19.1 Å². The highest BCUT2D eigenvalue weighted by Gasteiger charge is 2.43. The van der Waals surface area contributed by atoms with Crippen LogP contribution in [0.15, 0.2) is 23.5 Å². The minimum Gasteiger partial charge on any atom is -0.501 e. The van der Waals surface area contributed by atoms with E-state index in [9.17, 15) is 9.59 Å². The Kier molecular flexibility index (Phi) is 3.39. The van der Waals surface area contributed by atoms with Crippen LogP contribution in [0.25, 0.3) is 0 Å². The first-order valence-electron chi connectivity index (χ1n) is 6.09. The molecular formula is C14H18O4. The maximum absolute atomic E-state index is 12.1. The molecule has 0 aromatic heterocycles. The van der Waals surface area contributed by atoms with Crippen molar-refractivity contribution in [3.63, 3.8) is 0 Å². The number of hydrogen-bond donors (Lipinski definition) is 0. The molecule has 2 unspecified atom stereocenters. The predicted molar refractivity (Wildman–Crippen MR) is 65.9 cm³/mol. The van der Waals surface area contributed by atoms with Gasteiger partial charge in [0.25, 0.3) is 0 Å². The molecule has 18 heavy (non-hydrogen) atoms. The van der Waals surface area contributed by atoms with Gasteiger partial charge in [-0.3, -0.25) is 4.79 Å². The lowest BCUT2D eigenvalue weighted by molar-refractivity contribution is -0.143. The van der Waals surface area contributed by atoms with Crippen molar-refractivity contribution in [2.24, 2.45) is 5.92 Å². The fourth-order valence-corrected chi connectivity index (χ4v) is 2.59. The number of rotatable bonds is 3. The first kappa shape index (κ1) is 13.0. The second-order valence-electron chi connectivity index (χ2n) is 5.30. The average Bonchev–Trinajstić information content (AvgIpc) is 2.29. The van der Waals surface area contributed by atoms with Gasteiger partial charge in [0.15, 0.2) is 5.78 Å². The summed E-state index contributed by atoms with van der Waals surface area (Å²) in [5, 5.41) is 0. The third kappa shape index (κ3) is 2.25. The van der Waals surface area contributed by atoms with Gasteiger partial charge in [0, 0.05) is 18.4 Å². The summed E-state index contributed by atoms with van der Waals surface area (Å²) in [6, 6.07) is 0. The molecule has 1 aliphatic heterocycles. The van der Waals surface area contributed by atoms with Gasteiger partial charge in [-0.15, -0.1) is 0 Å². The van der Waals surface area contributed by atoms with E-state index in [4.69, 9.17) is 9.47 Å². The van der Waals surface area contributed by atoms with Crippen molar-refractivity contribution in [1.82, 2.24) is 0 Å². The number of carbonyl (C=O) groups excluding carboxylic acids is 2. The Bertz CT molecular complexity index is 431. The molecule has 98 valence electrons. The lowest BCUT2D eigenvalue weighted by Gasteiger charge is -2.41. The Morgan fingerprint density at radius 3 is 2.83 bits per heavy atom. The number of aldehydes is 1. The molecule has 1 saturated heterocycles. The molecule has 0 amide bonds. The van der Waals surface area contributed by atoms with Gasteiger partial charge in [0.1, 0.15) is 12.0 Å². The number of carbonyl (C=O) groups is 2. The van der Waals surface area contributed by atoms with E-state index in [2.05, 4.69) is 0 Å². The first-order valence-corrected chi connectivity index (χ1v) is 6.09. The second kappa shape index (κ2) is 4.69. The fraction of sp³-hybridized carbons (Fsp3) is 0.571. The Morgan fingerprint density at radius 2 is 2.22 bits per heavy atom. The van der Waals surface area contributed by atoms with Crippen LogP contribution in [0.1, 0.15) is 26.7 Å². The third-order valence-electron chi connectivity index (χ3n) is 3.40. The molecule has 0 bridgehead atoms. The van der Waals surface area contributed by atoms with Crippen LogP contribution in [0, 0.1) is 5.92 Å². The molecule has 0 spiro atoms. The summed E-state index contributed by atoms with van der Waals surface area (Å²) in [4.78, 5) is 22.9. The molecule has 0 radical (unpaired) electrons. The summed E-state index contributed by atoms with van der Waals surface area (Å²) in [5.41, 5.74) is 0.165. The Labute approximate surface area is 107 Å². The molecule has 0 aromatic rings. The molecule has 1 aliphatic carbocycles. The highest BCUT2D eigenvalue weighted by Crippen LogP contribution is 2.39. The monoisotopic (exact) mass is 250 g/mol. The molecule has 2 rings (SSSR count). The quantitative estimate of drug-likeness (QED) is 0.717. The molecular weight excluding hydrogens is 232 g/mol. The normalized spacial score (nSPS) is 30.1. The van der Waals surface area contributed by atoms with Crippen LogP contribution in [0.2, 0.25) is 0 Å². The molecule has 4 heteroatoms. The van der Waals surface area contributed by atoms with E-state index < -0.39 is 5.60 Å². The van der Waals surface area contributed by atoms with E-state index in [0.29, 0.717) is 24.2 Å². The lowest BCUT2D eigenvalue weighted by atomic mass is 9.80. The average molecular weight is 250 g/mol. The standard InChI is InChI=1S/C14H18O4/c1-14(2)8-11(16)9-4-5-12(17-3)10(6-7-15)13(9)18-14/h4-5,7,10,13H,6,8H2,1-3H3. The second-order valence-corrected chi connectivity index (χ2v) is 5.30. The van der Waals surface area contributed by atoms with Crippen molar-refractivity contribution in [1.29, 1.82) is 0 Å². The summed E-state index contributed by atoms with van der Waals surface area (Å²) in [6.45, 7) is 3.79. The minimum atomic E-state index is -0.490. The number of Topliss-reactive ketones (excluding diaryl/α,β-unsaturated/α-hetero) is 1. The molecule has 1 heterocycles. The largest absolute Gasteiger partial charge is 0.501 e. The summed E-state index contributed by atoms with van der Waals surface area (Å²) < 4.78 is 11.3. The molecule has 4 nitrogen and oxygen atoms in total. The zero-order valence-electron chi connectivity index (χ0n) is 10.9. The van der Waals surface area contributed by atoms with Gasteiger partial charge in [-0.25, -0.2) is 0 Å². The number of ketones is 1. The van der Waals surface area contributed by atoms with Crippen molar-refractivity contribution >= 4 is 12.1 Å². The number of methoxy groups -OCH3 is 1. The zero-order valence-corrected chi connectivity index (χ0v) is 10.9. The predicted octanol–water partition coefficient (Wildman–Crippen LogP) is 1.80. The lowest BCUT2D eigenvalue weighted by Crippen LogP contribution is -2.46. The molecule has 0 N–H and O–H groups in total. The van der Waals surface area contributed by atoms with Crippen LogP contribution < -0.4 is 0 Å². The van der Waals surface area contributed by atoms with Gasteiger partial charge >= 0.3 is 0 Å². The molecule has 0 aromatic carbocycles. The van der Waals surface area contributed by atoms with Crippen molar-refractivity contribution in [3.8, 4) is 0 Å². The number of hydrogen-bond acceptors (Lipinski definition) is 4. The number of fused-ring (bicyclic) bond motifs is 1. The van der Waals surface area contributed by atoms with Crippen LogP contribution in [0.4, 0.5) is 0 Å². The summed E-state index contributed by atoms with van der Waals surface area (Å²) >= 11 is 0. The van der Waals surface area contributed by atoms with Crippen molar-refractivity contribution in [2.45, 2.75) is 38.4 Å². The summed E-state index contributed by atoms with van der Waals surface area (Å²) in [6.07, 6.45) is 4.66. The molecule has 2 aliphatic rings. The van der Waals surface area contributed by atoms with E-state index in [1.165, 1.54) is 0 Å². The van der Waals surface area contributed by atoms with Gasteiger partial charge in [0.05, 0.1) is 24.7 Å². The topological polar surface area (TPSA) is 52.6 Å². The fourth-order valence-electron chi connectivity index (χ4n) is 2.59. The SMILES string of the molecule is COC1=CC=C2C(=O)CC(C)(C)OC2C1CC=O. The highest BCUT2D eigenvalue weighted by atomic mass is 16.5. The van der Waals surface area contributed by atoms with Crippen LogP contribution in [0.5, 0.6) is 0 Å². The smallest absolute Gasteiger partial charge is 0.164 e. The maximum Gasteiger partial charge on any atom is 0.164 e. The van der Waals surface area contributed by atoms with Gasteiger partial charge in [-0.05, 0) is 26.0 Å². The van der Waals surface area contributed by atoms with Crippen LogP contribution in [-0.4, -0.2) is 30.9 Å². The Morgan fingerprint density at radius 1 is 1.50 bits per heavy atom. The minimum absolute atomic E-state index is 0.0959. The number of ether oxygens (including phenoxy) is 2. The van der Waals surface area contributed by atoms with Crippen molar-refractivity contribution in [2.75, 3.05) is 7.11 Å². The van der Waals surface area contributed by atoms with E-state index >= 15 is 0 Å². The van der Waals surface area contributed by atoms with Gasteiger partial charge in [-0.2, -0.15) is 0 Å². The van der Waals surface area contributed by atoms with Gasteiger partial charge in [-0.1, -0.05) is 0 Å². The highest BCUT2D eigenvalue weighted by molar-refractivity contribution is 5.98. The third-order valence-corrected chi connectivity index (χ3v) is 3.40. The molecule has 2 atom stereocenters. The summed E-state index contributed by atoms with van der Waals surface area (Å²) in [5.74, 6) is 0.593. The van der Waals surface area contributed by atoms with Crippen molar-refractivity contribution in [3.05, 3.63) is 23.5 Å². The van der Waals surface area contributed by atoms with Crippen LogP contribution >= 0.6 is 0 Å². The Hall–Kier alpha value is -1.42. The number of allylic oxidation sites excluding steroid dienone is 2. The van der Waals surface area contributed by atoms with Crippen molar-refractivity contribution < 1.29 is 19.1 Å². The zero-order chi connectivity index (χ0) is 13.3. The van der Waals surface area contributed by atoms with E-state index in [1.54, 1.807) is 19.3 Å². The Balaban J connectivity index is 2.36. The molecule has 1 fully saturated rings. The first-order chi connectivity index (χ1) is 8.48. The molecule has 0 saturated carbocycles. The summed E-state index contributed by atoms with van der Waals surface area (Å²) in [7, 11) is 1.57. The van der Waals surface area contributed by atoms with Crippen LogP contribution in [0.3, 0.4) is 0 Å². The van der Waals surface area contributed by atoms with Gasteiger partial charge < -0.3 is 14.3 Å². The van der Waals surface area contributed by atoms with E-state index in [-0.39, 0.29) is 17.8 Å². The van der Waals surface area contributed by atoms with Gasteiger partial charge in [0.2, 0.25) is 0 Å². The van der Waals surface area contributed by atoms with E-state index in [0.717, 1.165) is 6.29 Å². The maximum atomic E-state index is 12.1.